The molecule has 0 heterocycles. The van der Waals surface area contributed by atoms with Gasteiger partial charge in [0.1, 0.15) is 17.7 Å². The van der Waals surface area contributed by atoms with Crippen LogP contribution < -0.4 is 0 Å². The molecule has 0 amide bonds. The lowest BCUT2D eigenvalue weighted by Gasteiger charge is -2.04. The molecule has 0 unspecified atom stereocenters. The Balaban J connectivity index is 3.36. The fraction of sp³-hybridized carbons (Fsp3) is 0.231. The van der Waals surface area contributed by atoms with Crippen molar-refractivity contribution in [3.8, 4) is 12.1 Å². The van der Waals surface area contributed by atoms with Crippen LogP contribution in [-0.2, 0) is 0 Å². The molecule has 0 spiro atoms. The highest BCUT2D eigenvalue weighted by molar-refractivity contribution is 5.74. The third-order valence-electron chi connectivity index (χ3n) is 2.25. The Kier molecular flexibility index (Phi) is 3.26. The number of allylic oxidation sites excluding steroid dienone is 2. The van der Waals surface area contributed by atoms with Crippen molar-refractivity contribution in [2.45, 2.75) is 20.8 Å². The Morgan fingerprint density at radius 3 is 1.87 bits per heavy atom. The van der Waals surface area contributed by atoms with Crippen LogP contribution in [0.4, 0.5) is 0 Å². The fourth-order valence-corrected chi connectivity index (χ4v) is 1.53. The first-order valence-corrected chi connectivity index (χ1v) is 4.68. The van der Waals surface area contributed by atoms with Gasteiger partial charge in [0.05, 0.1) is 0 Å². The third-order valence-corrected chi connectivity index (χ3v) is 2.25. The van der Waals surface area contributed by atoms with Gasteiger partial charge in [-0.1, -0.05) is 29.3 Å². The summed E-state index contributed by atoms with van der Waals surface area (Å²) in [6.07, 6.45) is 0. The lowest BCUT2D eigenvalue weighted by atomic mass is 9.99. The van der Waals surface area contributed by atoms with Crippen molar-refractivity contribution < 1.29 is 0 Å². The molecular weight excluding hydrogens is 184 g/mol. The van der Waals surface area contributed by atoms with Crippen LogP contribution in [0.3, 0.4) is 0 Å². The van der Waals surface area contributed by atoms with Crippen LogP contribution >= 0.6 is 0 Å². The SMILES string of the molecule is CC(=C(C#N)C#N)c1cc(C)cc(C)c1. The van der Waals surface area contributed by atoms with Crippen molar-refractivity contribution in [2.24, 2.45) is 0 Å². The van der Waals surface area contributed by atoms with Gasteiger partial charge in [0.2, 0.25) is 0 Å². The molecule has 0 saturated carbocycles. The Hall–Kier alpha value is -2.06. The van der Waals surface area contributed by atoms with Gasteiger partial charge in [-0.05, 0) is 31.9 Å². The van der Waals surface area contributed by atoms with Gasteiger partial charge < -0.3 is 0 Å². The van der Waals surface area contributed by atoms with Crippen molar-refractivity contribution in [1.29, 1.82) is 10.5 Å². The molecule has 2 heteroatoms. The number of nitrogens with zero attached hydrogens (tertiary/aromatic N) is 2. The van der Waals surface area contributed by atoms with Crippen LogP contribution in [0.5, 0.6) is 0 Å². The zero-order valence-electron chi connectivity index (χ0n) is 9.13. The van der Waals surface area contributed by atoms with E-state index in [2.05, 4.69) is 6.07 Å². The first-order valence-electron chi connectivity index (χ1n) is 4.68. The predicted molar refractivity (Wildman–Crippen MR) is 59.7 cm³/mol. The number of nitriles is 2. The normalized spacial score (nSPS) is 8.87. The van der Waals surface area contributed by atoms with Crippen LogP contribution in [0.25, 0.3) is 5.57 Å². The van der Waals surface area contributed by atoms with E-state index in [-0.39, 0.29) is 5.57 Å². The number of benzene rings is 1. The average Bonchev–Trinajstić information content (AvgIpc) is 2.18. The summed E-state index contributed by atoms with van der Waals surface area (Å²) in [6.45, 7) is 5.81. The van der Waals surface area contributed by atoms with Crippen LogP contribution in [0.2, 0.25) is 0 Å². The zero-order chi connectivity index (χ0) is 11.4. The van der Waals surface area contributed by atoms with Gasteiger partial charge in [-0.25, -0.2) is 0 Å². The van der Waals surface area contributed by atoms with E-state index < -0.39 is 0 Å². The summed E-state index contributed by atoms with van der Waals surface area (Å²) in [5.74, 6) is 0. The summed E-state index contributed by atoms with van der Waals surface area (Å²) in [7, 11) is 0. The van der Waals surface area contributed by atoms with Gasteiger partial charge in [0.15, 0.2) is 0 Å². The minimum absolute atomic E-state index is 0.181. The molecule has 0 saturated heterocycles. The minimum Gasteiger partial charge on any atom is -0.192 e. The maximum Gasteiger partial charge on any atom is 0.133 e. The van der Waals surface area contributed by atoms with Crippen molar-refractivity contribution in [1.82, 2.24) is 0 Å². The van der Waals surface area contributed by atoms with E-state index in [4.69, 9.17) is 10.5 Å². The van der Waals surface area contributed by atoms with Crippen molar-refractivity contribution in [2.75, 3.05) is 0 Å². The van der Waals surface area contributed by atoms with E-state index in [1.807, 2.05) is 38.1 Å². The van der Waals surface area contributed by atoms with Gasteiger partial charge in [0, 0.05) is 0 Å². The molecule has 0 aliphatic carbocycles. The minimum atomic E-state index is 0.181. The Morgan fingerprint density at radius 1 is 1.00 bits per heavy atom. The van der Waals surface area contributed by atoms with E-state index in [1.54, 1.807) is 6.92 Å². The smallest absolute Gasteiger partial charge is 0.133 e. The highest BCUT2D eigenvalue weighted by Crippen LogP contribution is 2.20. The molecule has 1 aromatic carbocycles. The van der Waals surface area contributed by atoms with E-state index in [0.29, 0.717) is 0 Å². The molecule has 0 aromatic heterocycles. The first-order chi connectivity index (χ1) is 7.08. The monoisotopic (exact) mass is 196 g/mol. The molecule has 15 heavy (non-hydrogen) atoms. The second-order valence-corrected chi connectivity index (χ2v) is 3.60. The van der Waals surface area contributed by atoms with Crippen LogP contribution in [0.15, 0.2) is 23.8 Å². The molecule has 0 N–H and O–H groups in total. The van der Waals surface area contributed by atoms with Crippen molar-refractivity contribution in [3.05, 3.63) is 40.5 Å². The van der Waals surface area contributed by atoms with Crippen LogP contribution in [0.1, 0.15) is 23.6 Å². The lowest BCUT2D eigenvalue weighted by molar-refractivity contribution is 1.35. The second-order valence-electron chi connectivity index (χ2n) is 3.60. The Bertz CT molecular complexity index is 460. The zero-order valence-corrected chi connectivity index (χ0v) is 9.13. The van der Waals surface area contributed by atoms with Gasteiger partial charge in [-0.3, -0.25) is 0 Å². The van der Waals surface area contributed by atoms with Gasteiger partial charge in [0.25, 0.3) is 0 Å². The third kappa shape index (κ3) is 2.45. The summed E-state index contributed by atoms with van der Waals surface area (Å²) in [5.41, 5.74) is 4.15. The van der Waals surface area contributed by atoms with Gasteiger partial charge in [-0.2, -0.15) is 10.5 Å². The van der Waals surface area contributed by atoms with Crippen LogP contribution in [-0.4, -0.2) is 0 Å². The largest absolute Gasteiger partial charge is 0.192 e. The average molecular weight is 196 g/mol. The molecule has 0 atom stereocenters. The number of hydrogen-bond acceptors (Lipinski definition) is 2. The highest BCUT2D eigenvalue weighted by Gasteiger charge is 2.04. The van der Waals surface area contributed by atoms with E-state index in [1.165, 1.54) is 0 Å². The topological polar surface area (TPSA) is 47.6 Å². The van der Waals surface area contributed by atoms with Crippen molar-refractivity contribution in [3.63, 3.8) is 0 Å². The van der Waals surface area contributed by atoms with E-state index in [0.717, 1.165) is 22.3 Å². The summed E-state index contributed by atoms with van der Waals surface area (Å²) in [4.78, 5) is 0. The molecule has 0 bridgehead atoms. The van der Waals surface area contributed by atoms with E-state index >= 15 is 0 Å². The maximum atomic E-state index is 8.77. The quantitative estimate of drug-likeness (QED) is 0.648. The molecule has 74 valence electrons. The maximum absolute atomic E-state index is 8.77. The summed E-state index contributed by atoms with van der Waals surface area (Å²) in [5, 5.41) is 17.5. The lowest BCUT2D eigenvalue weighted by Crippen LogP contribution is -1.87. The highest BCUT2D eigenvalue weighted by atomic mass is 14.3. The summed E-state index contributed by atoms with van der Waals surface area (Å²) >= 11 is 0. The van der Waals surface area contributed by atoms with Gasteiger partial charge in [-0.15, -0.1) is 0 Å². The Labute approximate surface area is 90.1 Å². The first kappa shape index (κ1) is 11.0. The van der Waals surface area contributed by atoms with Gasteiger partial charge >= 0.3 is 0 Å². The van der Waals surface area contributed by atoms with Crippen molar-refractivity contribution >= 4 is 5.57 Å². The summed E-state index contributed by atoms with van der Waals surface area (Å²) in [6, 6.07) is 9.85. The fourth-order valence-electron chi connectivity index (χ4n) is 1.53. The summed E-state index contributed by atoms with van der Waals surface area (Å²) < 4.78 is 0. The predicted octanol–water partition coefficient (Wildman–Crippen LogP) is 3.12. The molecule has 0 aliphatic heterocycles. The molecule has 0 fully saturated rings. The van der Waals surface area contributed by atoms with E-state index in [9.17, 15) is 0 Å². The molecule has 0 aliphatic rings. The standard InChI is InChI=1S/C13H12N2/c1-9-4-10(2)6-12(5-9)11(3)13(7-14)8-15/h4-6H,1-3H3. The Morgan fingerprint density at radius 2 is 1.47 bits per heavy atom. The molecular formula is C13H12N2. The van der Waals surface area contributed by atoms with Crippen LogP contribution in [0, 0.1) is 36.5 Å². The molecule has 2 nitrogen and oxygen atoms in total. The molecule has 0 radical (unpaired) electrons. The number of hydrogen-bond donors (Lipinski definition) is 0. The number of rotatable bonds is 1. The molecule has 1 rings (SSSR count). The molecule has 1 aromatic rings. The second kappa shape index (κ2) is 4.44. The number of aryl methyl sites for hydroxylation is 2.